The number of hydrogen-bond acceptors (Lipinski definition) is 1. The molecule has 0 saturated heterocycles. The summed E-state index contributed by atoms with van der Waals surface area (Å²) in [6, 6.07) is 8.77. The van der Waals surface area contributed by atoms with E-state index in [1.165, 1.54) is 7.05 Å². The zero-order valence-corrected chi connectivity index (χ0v) is 8.90. The number of para-hydroxylation sites is 1. The van der Waals surface area contributed by atoms with Crippen LogP contribution in [0.25, 0.3) is 5.69 Å². The second kappa shape index (κ2) is 3.80. The highest BCUT2D eigenvalue weighted by Gasteiger charge is 2.35. The van der Waals surface area contributed by atoms with Gasteiger partial charge in [0.2, 0.25) is 0 Å². The first-order valence-corrected chi connectivity index (χ1v) is 4.83. The van der Waals surface area contributed by atoms with Crippen molar-refractivity contribution in [3.8, 4) is 5.69 Å². The van der Waals surface area contributed by atoms with E-state index in [2.05, 4.69) is 0 Å². The Morgan fingerprint density at radius 2 is 1.71 bits per heavy atom. The molecular weight excluding hydrogens is 233 g/mol. The van der Waals surface area contributed by atoms with E-state index in [1.54, 1.807) is 30.3 Å². The fraction of sp³-hybridized carbons (Fsp3) is 0.182. The van der Waals surface area contributed by atoms with Crippen molar-refractivity contribution in [2.45, 2.75) is 6.18 Å². The van der Waals surface area contributed by atoms with Crippen LogP contribution in [0.5, 0.6) is 0 Å². The largest absolute Gasteiger partial charge is 0.433 e. The first-order chi connectivity index (χ1) is 7.91. The topological polar surface area (TPSA) is 26.9 Å². The number of aromatic nitrogens is 2. The minimum Gasteiger partial charge on any atom is -0.276 e. The van der Waals surface area contributed by atoms with Crippen molar-refractivity contribution in [1.29, 1.82) is 0 Å². The average Bonchev–Trinajstić information content (AvgIpc) is 2.55. The summed E-state index contributed by atoms with van der Waals surface area (Å²) >= 11 is 0. The first kappa shape index (κ1) is 11.5. The Morgan fingerprint density at radius 1 is 1.12 bits per heavy atom. The van der Waals surface area contributed by atoms with Gasteiger partial charge < -0.3 is 0 Å². The van der Waals surface area contributed by atoms with Crippen LogP contribution in [0, 0.1) is 0 Å². The smallest absolute Gasteiger partial charge is 0.276 e. The van der Waals surface area contributed by atoms with Crippen molar-refractivity contribution < 1.29 is 13.2 Å². The predicted molar refractivity (Wildman–Crippen MR) is 56.0 cm³/mol. The molecule has 0 N–H and O–H groups in total. The Kier molecular flexibility index (Phi) is 2.57. The molecule has 1 aromatic heterocycles. The van der Waals surface area contributed by atoms with Crippen LogP contribution in [-0.2, 0) is 13.2 Å². The number of benzene rings is 1. The maximum absolute atomic E-state index is 12.6. The Balaban J connectivity index is 2.66. The molecule has 90 valence electrons. The van der Waals surface area contributed by atoms with Gasteiger partial charge in [-0.15, -0.1) is 0 Å². The van der Waals surface area contributed by atoms with Crippen LogP contribution in [0.15, 0.2) is 41.2 Å². The number of hydrogen-bond donors (Lipinski definition) is 0. The van der Waals surface area contributed by atoms with Crippen molar-refractivity contribution in [2.24, 2.45) is 7.05 Å². The van der Waals surface area contributed by atoms with Crippen molar-refractivity contribution in [1.82, 2.24) is 9.36 Å². The summed E-state index contributed by atoms with van der Waals surface area (Å²) in [6.45, 7) is 0. The minimum atomic E-state index is -4.53. The van der Waals surface area contributed by atoms with Crippen LogP contribution in [0.4, 0.5) is 13.2 Å². The third kappa shape index (κ3) is 1.98. The molecule has 0 amide bonds. The molecule has 0 fully saturated rings. The molecule has 0 spiro atoms. The van der Waals surface area contributed by atoms with E-state index in [0.717, 1.165) is 9.36 Å². The molecule has 0 unspecified atom stereocenters. The molecule has 3 nitrogen and oxygen atoms in total. The standard InChI is InChI=1S/C11H9F3N2O/c1-15-9(11(12,13)14)7-10(17)16(15)8-5-3-2-4-6-8/h2-7H,1H3. The van der Waals surface area contributed by atoms with E-state index < -0.39 is 17.4 Å². The molecule has 17 heavy (non-hydrogen) atoms. The van der Waals surface area contributed by atoms with Gasteiger partial charge in [0.15, 0.2) is 0 Å². The molecule has 0 aliphatic heterocycles. The van der Waals surface area contributed by atoms with Crippen molar-refractivity contribution in [2.75, 3.05) is 0 Å². The quantitative estimate of drug-likeness (QED) is 0.753. The first-order valence-electron chi connectivity index (χ1n) is 4.83. The lowest BCUT2D eigenvalue weighted by molar-refractivity contribution is -0.144. The summed E-state index contributed by atoms with van der Waals surface area (Å²) in [4.78, 5) is 11.6. The summed E-state index contributed by atoms with van der Waals surface area (Å²) < 4.78 is 39.5. The molecule has 0 radical (unpaired) electrons. The van der Waals surface area contributed by atoms with Crippen molar-refractivity contribution in [3.63, 3.8) is 0 Å². The van der Waals surface area contributed by atoms with Crippen molar-refractivity contribution >= 4 is 0 Å². The molecule has 1 aromatic carbocycles. The Labute approximate surface area is 94.7 Å². The number of halogens is 3. The summed E-state index contributed by atoms with van der Waals surface area (Å²) in [5.41, 5.74) is -1.27. The summed E-state index contributed by atoms with van der Waals surface area (Å²) in [7, 11) is 1.21. The van der Waals surface area contributed by atoms with Gasteiger partial charge in [-0.25, -0.2) is 4.68 Å². The van der Waals surface area contributed by atoms with Crippen LogP contribution < -0.4 is 5.56 Å². The van der Waals surface area contributed by atoms with Crippen LogP contribution >= 0.6 is 0 Å². The molecule has 0 aliphatic carbocycles. The van der Waals surface area contributed by atoms with Gasteiger partial charge in [-0.05, 0) is 12.1 Å². The second-order valence-corrected chi connectivity index (χ2v) is 3.54. The maximum atomic E-state index is 12.6. The van der Waals surface area contributed by atoms with E-state index in [1.807, 2.05) is 0 Å². The average molecular weight is 242 g/mol. The van der Waals surface area contributed by atoms with E-state index >= 15 is 0 Å². The zero-order valence-electron chi connectivity index (χ0n) is 8.90. The molecule has 6 heteroatoms. The molecule has 2 rings (SSSR count). The van der Waals surface area contributed by atoms with Gasteiger partial charge in [-0.3, -0.25) is 9.48 Å². The fourth-order valence-electron chi connectivity index (χ4n) is 1.66. The highest BCUT2D eigenvalue weighted by molar-refractivity contribution is 5.31. The van der Waals surface area contributed by atoms with Gasteiger partial charge in [0, 0.05) is 13.1 Å². The summed E-state index contributed by atoms with van der Waals surface area (Å²) in [5, 5.41) is 0. The van der Waals surface area contributed by atoms with Crippen LogP contribution in [0.3, 0.4) is 0 Å². The van der Waals surface area contributed by atoms with E-state index in [0.29, 0.717) is 11.8 Å². The van der Waals surface area contributed by atoms with Gasteiger partial charge in [0.1, 0.15) is 5.69 Å². The fourth-order valence-corrected chi connectivity index (χ4v) is 1.66. The number of nitrogens with zero attached hydrogens (tertiary/aromatic N) is 2. The Bertz CT molecular complexity index is 581. The molecule has 0 bridgehead atoms. The van der Waals surface area contributed by atoms with E-state index in [4.69, 9.17) is 0 Å². The van der Waals surface area contributed by atoms with Gasteiger partial charge in [-0.1, -0.05) is 18.2 Å². The predicted octanol–water partition coefficient (Wildman–Crippen LogP) is 2.19. The van der Waals surface area contributed by atoms with Gasteiger partial charge in [-0.2, -0.15) is 13.2 Å². The van der Waals surface area contributed by atoms with E-state index in [9.17, 15) is 18.0 Å². The van der Waals surface area contributed by atoms with Crippen LogP contribution in [0.1, 0.15) is 5.69 Å². The minimum absolute atomic E-state index is 0.399. The highest BCUT2D eigenvalue weighted by atomic mass is 19.4. The van der Waals surface area contributed by atoms with Crippen LogP contribution in [-0.4, -0.2) is 9.36 Å². The maximum Gasteiger partial charge on any atom is 0.433 e. The lowest BCUT2D eigenvalue weighted by atomic mass is 10.3. The third-order valence-corrected chi connectivity index (χ3v) is 2.41. The number of alkyl halides is 3. The number of rotatable bonds is 1. The molecule has 0 saturated carbocycles. The van der Waals surface area contributed by atoms with Crippen molar-refractivity contribution in [3.05, 3.63) is 52.4 Å². The zero-order chi connectivity index (χ0) is 12.6. The monoisotopic (exact) mass is 242 g/mol. The molecule has 0 aliphatic rings. The van der Waals surface area contributed by atoms with Gasteiger partial charge in [0.25, 0.3) is 5.56 Å². The molecule has 2 aromatic rings. The molecule has 0 atom stereocenters. The lowest BCUT2D eigenvalue weighted by Gasteiger charge is -2.11. The highest BCUT2D eigenvalue weighted by Crippen LogP contribution is 2.28. The Morgan fingerprint density at radius 3 is 2.18 bits per heavy atom. The summed E-state index contributed by atoms with van der Waals surface area (Å²) in [5.74, 6) is 0. The van der Waals surface area contributed by atoms with Gasteiger partial charge >= 0.3 is 6.18 Å². The normalized spacial score (nSPS) is 11.8. The third-order valence-electron chi connectivity index (χ3n) is 2.41. The second-order valence-electron chi connectivity index (χ2n) is 3.54. The Hall–Kier alpha value is -1.98. The molecular formula is C11H9F3N2O. The molecule has 1 heterocycles. The van der Waals surface area contributed by atoms with E-state index in [-0.39, 0.29) is 0 Å². The summed E-state index contributed by atoms with van der Waals surface area (Å²) in [6.07, 6.45) is -4.53. The van der Waals surface area contributed by atoms with Crippen LogP contribution in [0.2, 0.25) is 0 Å². The SMILES string of the molecule is Cn1c(C(F)(F)F)cc(=O)n1-c1ccccc1. The lowest BCUT2D eigenvalue weighted by Crippen LogP contribution is -2.20. The van der Waals surface area contributed by atoms with Gasteiger partial charge in [0.05, 0.1) is 5.69 Å².